The Balaban J connectivity index is 5.52. The van der Waals surface area contributed by atoms with E-state index < -0.39 is 60.2 Å². The Morgan fingerprint density at radius 3 is 1.91 bits per heavy atom. The molecule has 0 saturated carbocycles. The number of rotatable bonds is 15. The van der Waals surface area contributed by atoms with E-state index in [2.05, 4.69) is 28.6 Å². The van der Waals surface area contributed by atoms with Crippen LogP contribution < -0.4 is 21.7 Å². The lowest BCUT2D eigenvalue weighted by Crippen LogP contribution is -2.58. The summed E-state index contributed by atoms with van der Waals surface area (Å²) in [7, 11) is 0. The maximum atomic E-state index is 12.9. The summed E-state index contributed by atoms with van der Waals surface area (Å²) in [5.74, 6) is -4.89. The molecule has 11 nitrogen and oxygen atoms in total. The van der Waals surface area contributed by atoms with E-state index in [1.165, 1.54) is 0 Å². The minimum absolute atomic E-state index is 0.171. The van der Waals surface area contributed by atoms with Crippen molar-refractivity contribution in [2.24, 2.45) is 17.6 Å². The van der Waals surface area contributed by atoms with Gasteiger partial charge in [0.25, 0.3) is 0 Å². The molecule has 0 aliphatic carbocycles. The SMILES string of the molecule is CCC(C)C(NC(=O)C(N)CC(C)C)C(=O)NC(CCC(=O)O)C(=O)NC(CS)C(=O)O. The summed E-state index contributed by atoms with van der Waals surface area (Å²) in [5.41, 5.74) is 5.90. The van der Waals surface area contributed by atoms with Crippen molar-refractivity contribution in [3.05, 3.63) is 0 Å². The van der Waals surface area contributed by atoms with E-state index in [0.717, 1.165) is 0 Å². The van der Waals surface area contributed by atoms with Gasteiger partial charge in [0.2, 0.25) is 17.7 Å². The molecule has 0 aromatic heterocycles. The maximum Gasteiger partial charge on any atom is 0.327 e. The van der Waals surface area contributed by atoms with Crippen LogP contribution in [0, 0.1) is 11.8 Å². The Labute approximate surface area is 193 Å². The second kappa shape index (κ2) is 14.7. The topological polar surface area (TPSA) is 188 Å². The lowest BCUT2D eigenvalue weighted by Gasteiger charge is -2.28. The molecule has 7 N–H and O–H groups in total. The van der Waals surface area contributed by atoms with E-state index in [9.17, 15) is 24.0 Å². The van der Waals surface area contributed by atoms with Crippen molar-refractivity contribution in [1.29, 1.82) is 0 Å². The number of amides is 3. The van der Waals surface area contributed by atoms with Gasteiger partial charge >= 0.3 is 11.9 Å². The summed E-state index contributed by atoms with van der Waals surface area (Å²) < 4.78 is 0. The molecule has 3 amide bonds. The zero-order valence-electron chi connectivity index (χ0n) is 19.0. The predicted octanol–water partition coefficient (Wildman–Crippen LogP) is -0.260. The highest BCUT2D eigenvalue weighted by atomic mass is 32.1. The molecule has 0 spiro atoms. The van der Waals surface area contributed by atoms with Gasteiger partial charge in [-0.2, -0.15) is 12.6 Å². The van der Waals surface area contributed by atoms with Gasteiger partial charge in [-0.1, -0.05) is 34.1 Å². The number of thiol groups is 1. The molecule has 184 valence electrons. The molecule has 5 unspecified atom stereocenters. The van der Waals surface area contributed by atoms with Gasteiger partial charge < -0.3 is 31.9 Å². The molecule has 0 fully saturated rings. The smallest absolute Gasteiger partial charge is 0.327 e. The minimum atomic E-state index is -1.32. The number of carboxylic acids is 2. The van der Waals surface area contributed by atoms with E-state index >= 15 is 0 Å². The molecule has 0 rings (SSSR count). The standard InChI is InChI=1S/C20H36N4O7S/c1-5-11(4)16(24-17(27)12(21)8-10(2)3)19(29)22-13(6-7-15(25)26)18(28)23-14(9-32)20(30)31/h10-14,16,32H,5-9,21H2,1-4H3,(H,22,29)(H,23,28)(H,24,27)(H,25,26)(H,30,31). The van der Waals surface area contributed by atoms with Gasteiger partial charge in [-0.3, -0.25) is 19.2 Å². The van der Waals surface area contributed by atoms with Gasteiger partial charge in [-0.05, 0) is 24.7 Å². The largest absolute Gasteiger partial charge is 0.481 e. The fourth-order valence-electron chi connectivity index (χ4n) is 2.83. The summed E-state index contributed by atoms with van der Waals surface area (Å²) in [6, 6.07) is -4.44. The van der Waals surface area contributed by atoms with E-state index in [4.69, 9.17) is 15.9 Å². The minimum Gasteiger partial charge on any atom is -0.481 e. The van der Waals surface area contributed by atoms with Crippen LogP contribution in [0.25, 0.3) is 0 Å². The first-order valence-electron chi connectivity index (χ1n) is 10.6. The monoisotopic (exact) mass is 476 g/mol. The molecule has 0 aromatic carbocycles. The number of carboxylic acid groups (broad SMARTS) is 2. The number of nitrogens with one attached hydrogen (secondary N) is 3. The average Bonchev–Trinajstić information content (AvgIpc) is 2.70. The van der Waals surface area contributed by atoms with Crippen molar-refractivity contribution in [3.63, 3.8) is 0 Å². The Hall–Kier alpha value is -2.34. The normalized spacial score (nSPS) is 15.7. The van der Waals surface area contributed by atoms with Crippen LogP contribution in [0.5, 0.6) is 0 Å². The highest BCUT2D eigenvalue weighted by molar-refractivity contribution is 7.80. The van der Waals surface area contributed by atoms with E-state index in [0.29, 0.717) is 12.8 Å². The molecule has 5 atom stereocenters. The van der Waals surface area contributed by atoms with Gasteiger partial charge in [0.15, 0.2) is 0 Å². The molecule has 0 aromatic rings. The Kier molecular flexibility index (Phi) is 13.6. The zero-order chi connectivity index (χ0) is 25.0. The van der Waals surface area contributed by atoms with Crippen molar-refractivity contribution in [3.8, 4) is 0 Å². The molecular formula is C20H36N4O7S. The van der Waals surface area contributed by atoms with Gasteiger partial charge in [-0.25, -0.2) is 4.79 Å². The lowest BCUT2D eigenvalue weighted by molar-refractivity contribution is -0.142. The van der Waals surface area contributed by atoms with Crippen LogP contribution in [-0.2, 0) is 24.0 Å². The van der Waals surface area contributed by atoms with E-state index in [1.807, 2.05) is 20.8 Å². The van der Waals surface area contributed by atoms with E-state index in [-0.39, 0.29) is 24.0 Å². The Bertz CT molecular complexity index is 674. The van der Waals surface area contributed by atoms with Gasteiger partial charge in [0.05, 0.1) is 6.04 Å². The Morgan fingerprint density at radius 1 is 0.906 bits per heavy atom. The summed E-state index contributed by atoms with van der Waals surface area (Å²) >= 11 is 3.87. The first kappa shape index (κ1) is 29.7. The highest BCUT2D eigenvalue weighted by Crippen LogP contribution is 2.11. The second-order valence-corrected chi connectivity index (χ2v) is 8.55. The number of carbonyl (C=O) groups is 5. The molecule has 0 heterocycles. The zero-order valence-corrected chi connectivity index (χ0v) is 19.9. The first-order chi connectivity index (χ1) is 14.8. The first-order valence-corrected chi connectivity index (χ1v) is 11.2. The van der Waals surface area contributed by atoms with Crippen molar-refractivity contribution in [2.45, 2.75) is 77.5 Å². The van der Waals surface area contributed by atoms with Gasteiger partial charge in [0.1, 0.15) is 18.1 Å². The summed E-state index contributed by atoms with van der Waals surface area (Å²) in [5, 5.41) is 25.4. The van der Waals surface area contributed by atoms with Crippen molar-refractivity contribution < 1.29 is 34.2 Å². The van der Waals surface area contributed by atoms with Crippen LogP contribution in [0.1, 0.15) is 53.4 Å². The van der Waals surface area contributed by atoms with E-state index in [1.54, 1.807) is 6.92 Å². The Morgan fingerprint density at radius 2 is 1.47 bits per heavy atom. The highest BCUT2D eigenvalue weighted by Gasteiger charge is 2.32. The summed E-state index contributed by atoms with van der Waals surface area (Å²) in [6.45, 7) is 7.38. The summed E-state index contributed by atoms with van der Waals surface area (Å²) in [6.07, 6.45) is 0.256. The van der Waals surface area contributed by atoms with Crippen LogP contribution in [0.3, 0.4) is 0 Å². The summed E-state index contributed by atoms with van der Waals surface area (Å²) in [4.78, 5) is 60.1. The third-order valence-corrected chi connectivity index (χ3v) is 5.30. The van der Waals surface area contributed by atoms with Gasteiger partial charge in [-0.15, -0.1) is 0 Å². The number of aliphatic carboxylic acids is 2. The van der Waals surface area contributed by atoms with Crippen LogP contribution in [0.15, 0.2) is 0 Å². The molecule has 0 aliphatic heterocycles. The van der Waals surface area contributed by atoms with Crippen molar-refractivity contribution in [1.82, 2.24) is 16.0 Å². The average molecular weight is 477 g/mol. The fourth-order valence-corrected chi connectivity index (χ4v) is 3.08. The number of hydrogen-bond donors (Lipinski definition) is 7. The third kappa shape index (κ3) is 10.8. The third-order valence-electron chi connectivity index (χ3n) is 4.93. The van der Waals surface area contributed by atoms with Crippen LogP contribution in [0.2, 0.25) is 0 Å². The molecule has 0 bridgehead atoms. The van der Waals surface area contributed by atoms with Crippen LogP contribution in [-0.4, -0.2) is 69.8 Å². The second-order valence-electron chi connectivity index (χ2n) is 8.18. The molecule has 0 saturated heterocycles. The number of nitrogens with two attached hydrogens (primary N) is 1. The predicted molar refractivity (Wildman–Crippen MR) is 121 cm³/mol. The molecule has 32 heavy (non-hydrogen) atoms. The molecule has 0 radical (unpaired) electrons. The molecular weight excluding hydrogens is 440 g/mol. The fraction of sp³-hybridized carbons (Fsp3) is 0.750. The maximum absolute atomic E-state index is 12.9. The van der Waals surface area contributed by atoms with Crippen molar-refractivity contribution >= 4 is 42.3 Å². The number of carbonyl (C=O) groups excluding carboxylic acids is 3. The lowest BCUT2D eigenvalue weighted by atomic mass is 9.96. The number of hydrogen-bond acceptors (Lipinski definition) is 7. The van der Waals surface area contributed by atoms with Crippen LogP contribution >= 0.6 is 12.6 Å². The van der Waals surface area contributed by atoms with Gasteiger partial charge in [0, 0.05) is 12.2 Å². The molecule has 0 aliphatic rings. The van der Waals surface area contributed by atoms with Crippen molar-refractivity contribution in [2.75, 3.05) is 5.75 Å². The van der Waals surface area contributed by atoms with Crippen LogP contribution in [0.4, 0.5) is 0 Å². The quantitative estimate of drug-likeness (QED) is 0.157. The molecule has 12 heteroatoms.